The maximum atomic E-state index is 11.4. The minimum atomic E-state index is -1.22. The standard InChI is InChI=1S/C11H20N2O5.C2H6/c12-7-3-1-2-4-9(14)13-8(11(17)18)5-6-10(15)16;1-2/h8H,1-7,12H2,(H,13,14)(H,15,16)(H,17,18);1-2H3. The number of rotatable bonds is 10. The first kappa shape index (κ1) is 20.7. The van der Waals surface area contributed by atoms with E-state index in [9.17, 15) is 14.4 Å². The van der Waals surface area contributed by atoms with E-state index in [-0.39, 0.29) is 25.2 Å². The Balaban J connectivity index is 0. The zero-order valence-corrected chi connectivity index (χ0v) is 12.2. The van der Waals surface area contributed by atoms with Gasteiger partial charge in [-0.15, -0.1) is 0 Å². The summed E-state index contributed by atoms with van der Waals surface area (Å²) in [6.07, 6.45) is 2.13. The van der Waals surface area contributed by atoms with Gasteiger partial charge in [-0.05, 0) is 25.8 Å². The molecular weight excluding hydrogens is 264 g/mol. The summed E-state index contributed by atoms with van der Waals surface area (Å²) >= 11 is 0. The molecule has 0 fully saturated rings. The van der Waals surface area contributed by atoms with Gasteiger partial charge in [-0.25, -0.2) is 4.79 Å². The molecule has 0 spiro atoms. The Bertz CT molecular complexity index is 294. The van der Waals surface area contributed by atoms with E-state index in [4.69, 9.17) is 15.9 Å². The van der Waals surface area contributed by atoms with Gasteiger partial charge in [0.2, 0.25) is 5.91 Å². The summed E-state index contributed by atoms with van der Waals surface area (Å²) in [4.78, 5) is 32.6. The van der Waals surface area contributed by atoms with Gasteiger partial charge < -0.3 is 21.3 Å². The van der Waals surface area contributed by atoms with E-state index >= 15 is 0 Å². The van der Waals surface area contributed by atoms with Crippen LogP contribution in [-0.2, 0) is 14.4 Å². The second kappa shape index (κ2) is 13.8. The smallest absolute Gasteiger partial charge is 0.326 e. The van der Waals surface area contributed by atoms with Crippen LogP contribution in [0.4, 0.5) is 0 Å². The van der Waals surface area contributed by atoms with Crippen LogP contribution in [0.15, 0.2) is 0 Å². The molecule has 1 unspecified atom stereocenters. The highest BCUT2D eigenvalue weighted by Crippen LogP contribution is 2.02. The molecule has 0 aromatic heterocycles. The Morgan fingerprint density at radius 1 is 1.05 bits per heavy atom. The highest BCUT2D eigenvalue weighted by Gasteiger charge is 2.20. The number of hydrogen-bond donors (Lipinski definition) is 4. The summed E-state index contributed by atoms with van der Waals surface area (Å²) in [7, 11) is 0. The van der Waals surface area contributed by atoms with Crippen LogP contribution in [0.25, 0.3) is 0 Å². The van der Waals surface area contributed by atoms with Crippen molar-refractivity contribution in [1.29, 1.82) is 0 Å². The molecule has 7 nitrogen and oxygen atoms in total. The van der Waals surface area contributed by atoms with Crippen LogP contribution < -0.4 is 11.1 Å². The number of unbranched alkanes of at least 4 members (excludes halogenated alkanes) is 2. The lowest BCUT2D eigenvalue weighted by molar-refractivity contribution is -0.143. The highest BCUT2D eigenvalue weighted by molar-refractivity contribution is 5.83. The largest absolute Gasteiger partial charge is 0.481 e. The lowest BCUT2D eigenvalue weighted by Crippen LogP contribution is -2.41. The molecule has 0 aromatic carbocycles. The third kappa shape index (κ3) is 12.8. The fourth-order valence-electron chi connectivity index (χ4n) is 1.40. The van der Waals surface area contributed by atoms with Crippen molar-refractivity contribution in [3.8, 4) is 0 Å². The van der Waals surface area contributed by atoms with Crippen LogP contribution in [-0.4, -0.2) is 40.6 Å². The molecule has 1 amide bonds. The van der Waals surface area contributed by atoms with Crippen molar-refractivity contribution in [3.63, 3.8) is 0 Å². The van der Waals surface area contributed by atoms with Crippen molar-refractivity contribution < 1.29 is 24.6 Å². The summed E-state index contributed by atoms with van der Waals surface area (Å²) < 4.78 is 0. The zero-order chi connectivity index (χ0) is 16.0. The molecule has 5 N–H and O–H groups in total. The number of amides is 1. The number of hydrogen-bond acceptors (Lipinski definition) is 4. The average Bonchev–Trinajstić information content (AvgIpc) is 2.41. The number of nitrogens with one attached hydrogen (secondary N) is 1. The first-order chi connectivity index (χ1) is 9.47. The number of aliphatic carboxylic acids is 2. The third-order valence-electron chi connectivity index (χ3n) is 2.39. The molecule has 0 heterocycles. The first-order valence-corrected chi connectivity index (χ1v) is 6.91. The van der Waals surface area contributed by atoms with Crippen LogP contribution in [0.3, 0.4) is 0 Å². The van der Waals surface area contributed by atoms with Crippen LogP contribution >= 0.6 is 0 Å². The second-order valence-electron chi connectivity index (χ2n) is 3.99. The fourth-order valence-corrected chi connectivity index (χ4v) is 1.40. The molecular formula is C13H26N2O5. The minimum Gasteiger partial charge on any atom is -0.481 e. The molecule has 118 valence electrons. The number of carbonyl (C=O) groups is 3. The molecule has 0 rings (SSSR count). The number of carboxylic acid groups (broad SMARTS) is 2. The Labute approximate surface area is 119 Å². The number of nitrogens with two attached hydrogens (primary N) is 1. The molecule has 20 heavy (non-hydrogen) atoms. The first-order valence-electron chi connectivity index (χ1n) is 6.91. The molecule has 0 aliphatic carbocycles. The van der Waals surface area contributed by atoms with Gasteiger partial charge in [0.05, 0.1) is 0 Å². The van der Waals surface area contributed by atoms with E-state index in [1.54, 1.807) is 0 Å². The topological polar surface area (TPSA) is 130 Å². The van der Waals surface area contributed by atoms with E-state index in [0.29, 0.717) is 13.0 Å². The molecule has 1 atom stereocenters. The molecule has 0 bridgehead atoms. The minimum absolute atomic E-state index is 0.112. The van der Waals surface area contributed by atoms with E-state index in [2.05, 4.69) is 5.32 Å². The normalized spacial score (nSPS) is 10.9. The number of carbonyl (C=O) groups excluding carboxylic acids is 1. The molecule has 0 aliphatic heterocycles. The van der Waals surface area contributed by atoms with E-state index < -0.39 is 18.0 Å². The summed E-state index contributed by atoms with van der Waals surface area (Å²) in [6, 6.07) is -1.14. The van der Waals surface area contributed by atoms with Crippen molar-refractivity contribution >= 4 is 17.8 Å². The molecule has 7 heteroatoms. The third-order valence-corrected chi connectivity index (χ3v) is 2.39. The average molecular weight is 290 g/mol. The van der Waals surface area contributed by atoms with Crippen molar-refractivity contribution in [3.05, 3.63) is 0 Å². The van der Waals surface area contributed by atoms with Gasteiger partial charge in [0.25, 0.3) is 0 Å². The molecule has 0 saturated carbocycles. The number of carboxylic acids is 2. The van der Waals surface area contributed by atoms with E-state index in [0.717, 1.165) is 12.8 Å². The molecule has 0 radical (unpaired) electrons. The van der Waals surface area contributed by atoms with Crippen molar-refractivity contribution in [2.75, 3.05) is 6.54 Å². The second-order valence-corrected chi connectivity index (χ2v) is 3.99. The summed E-state index contributed by atoms with van der Waals surface area (Å²) in [5.41, 5.74) is 5.30. The molecule has 0 aromatic rings. The van der Waals surface area contributed by atoms with Gasteiger partial charge in [-0.3, -0.25) is 9.59 Å². The predicted octanol–water partition coefficient (Wildman–Crippen LogP) is 0.966. The lowest BCUT2D eigenvalue weighted by atomic mass is 10.1. The Hall–Kier alpha value is -1.63. The van der Waals surface area contributed by atoms with E-state index in [1.165, 1.54) is 0 Å². The van der Waals surface area contributed by atoms with Crippen LogP contribution in [0.2, 0.25) is 0 Å². The van der Waals surface area contributed by atoms with Crippen molar-refractivity contribution in [1.82, 2.24) is 5.32 Å². The van der Waals surface area contributed by atoms with Gasteiger partial charge in [-0.1, -0.05) is 20.3 Å². The van der Waals surface area contributed by atoms with Gasteiger partial charge in [0.1, 0.15) is 6.04 Å². The van der Waals surface area contributed by atoms with Crippen LogP contribution in [0.5, 0.6) is 0 Å². The summed E-state index contributed by atoms with van der Waals surface area (Å²) in [5, 5.41) is 19.6. The monoisotopic (exact) mass is 290 g/mol. The lowest BCUT2D eigenvalue weighted by Gasteiger charge is -2.13. The van der Waals surface area contributed by atoms with Crippen LogP contribution in [0.1, 0.15) is 52.4 Å². The van der Waals surface area contributed by atoms with Crippen molar-refractivity contribution in [2.24, 2.45) is 5.73 Å². The summed E-state index contributed by atoms with van der Waals surface area (Å²) in [6.45, 7) is 4.57. The quantitative estimate of drug-likeness (QED) is 0.443. The maximum Gasteiger partial charge on any atom is 0.326 e. The van der Waals surface area contributed by atoms with Gasteiger partial charge >= 0.3 is 11.9 Å². The van der Waals surface area contributed by atoms with Gasteiger partial charge in [-0.2, -0.15) is 0 Å². The summed E-state index contributed by atoms with van der Waals surface area (Å²) in [5.74, 6) is -2.67. The Morgan fingerprint density at radius 2 is 1.65 bits per heavy atom. The molecule has 0 aliphatic rings. The Kier molecular flexibility index (Phi) is 14.3. The van der Waals surface area contributed by atoms with Gasteiger partial charge in [0.15, 0.2) is 0 Å². The van der Waals surface area contributed by atoms with E-state index in [1.807, 2.05) is 13.8 Å². The SMILES string of the molecule is CC.NCCCCCC(=O)NC(CCC(=O)O)C(=O)O. The fraction of sp³-hybridized carbons (Fsp3) is 0.769. The molecule has 0 saturated heterocycles. The predicted molar refractivity (Wildman–Crippen MR) is 75.3 cm³/mol. The zero-order valence-electron chi connectivity index (χ0n) is 12.2. The highest BCUT2D eigenvalue weighted by atomic mass is 16.4. The Morgan fingerprint density at radius 3 is 2.10 bits per heavy atom. The van der Waals surface area contributed by atoms with Gasteiger partial charge in [0, 0.05) is 12.8 Å². The maximum absolute atomic E-state index is 11.4. The van der Waals surface area contributed by atoms with Crippen LogP contribution in [0, 0.1) is 0 Å². The van der Waals surface area contributed by atoms with Crippen molar-refractivity contribution in [2.45, 2.75) is 58.4 Å².